The zero-order valence-corrected chi connectivity index (χ0v) is 20.1. The summed E-state index contributed by atoms with van der Waals surface area (Å²) in [6, 6.07) is 40.3. The summed E-state index contributed by atoms with van der Waals surface area (Å²) in [5.41, 5.74) is 6.78. The molecule has 0 saturated carbocycles. The van der Waals surface area contributed by atoms with E-state index in [4.69, 9.17) is 0 Å². The van der Waals surface area contributed by atoms with Crippen LogP contribution in [-0.4, -0.2) is 9.13 Å². The van der Waals surface area contributed by atoms with E-state index in [1.165, 1.54) is 0 Å². The van der Waals surface area contributed by atoms with Gasteiger partial charge in [0.2, 0.25) is 0 Å². The Balaban J connectivity index is 1.79. The number of fused-ring (bicyclic) bond motifs is 7. The van der Waals surface area contributed by atoms with Gasteiger partial charge in [-0.25, -0.2) is 0 Å². The number of hydrogen-bond donors (Lipinski definition) is 0. The van der Waals surface area contributed by atoms with E-state index in [0.29, 0.717) is 22.4 Å². The molecule has 5 nitrogen and oxygen atoms in total. The monoisotopic (exact) mass is 483 g/mol. The Morgan fingerprint density at radius 2 is 0.974 bits per heavy atom. The second-order valence-corrected chi connectivity index (χ2v) is 9.15. The fourth-order valence-electron chi connectivity index (χ4n) is 5.65. The van der Waals surface area contributed by atoms with Gasteiger partial charge in [0.15, 0.2) is 0 Å². The van der Waals surface area contributed by atoms with Crippen LogP contribution in [0, 0.1) is 34.0 Å². The Kier molecular flexibility index (Phi) is 4.57. The molecule has 0 N–H and O–H groups in total. The zero-order valence-electron chi connectivity index (χ0n) is 20.1. The fourth-order valence-corrected chi connectivity index (χ4v) is 5.65. The quantitative estimate of drug-likeness (QED) is 0.255. The molecule has 5 heteroatoms. The van der Waals surface area contributed by atoms with Crippen LogP contribution >= 0.6 is 0 Å². The van der Waals surface area contributed by atoms with E-state index in [1.54, 1.807) is 12.1 Å². The van der Waals surface area contributed by atoms with Gasteiger partial charge in [-0.05, 0) is 42.5 Å². The molecular formula is C33H17N5. The number of rotatable bonds is 2. The first-order valence-corrected chi connectivity index (χ1v) is 12.1. The van der Waals surface area contributed by atoms with Crippen molar-refractivity contribution in [2.24, 2.45) is 0 Å². The summed E-state index contributed by atoms with van der Waals surface area (Å²) in [4.78, 5) is 0. The maximum atomic E-state index is 10.1. The SMILES string of the molecule is N#Cc1ccc(-n2c3ccccc3c3ccc4c5ccccc5n(-c5ccccc5C#N)c4c32)c(C#N)c1. The van der Waals surface area contributed by atoms with Crippen molar-refractivity contribution in [1.82, 2.24) is 9.13 Å². The number of para-hydroxylation sites is 3. The van der Waals surface area contributed by atoms with Crippen molar-refractivity contribution in [2.75, 3.05) is 0 Å². The van der Waals surface area contributed by atoms with Crippen molar-refractivity contribution >= 4 is 43.6 Å². The summed E-state index contributed by atoms with van der Waals surface area (Å²) < 4.78 is 4.29. The van der Waals surface area contributed by atoms with Gasteiger partial charge in [-0.15, -0.1) is 0 Å². The van der Waals surface area contributed by atoms with E-state index in [2.05, 4.69) is 63.7 Å². The Morgan fingerprint density at radius 3 is 1.55 bits per heavy atom. The topological polar surface area (TPSA) is 81.2 Å². The molecule has 38 heavy (non-hydrogen) atoms. The van der Waals surface area contributed by atoms with Gasteiger partial charge in [0, 0.05) is 21.5 Å². The van der Waals surface area contributed by atoms with E-state index in [9.17, 15) is 15.8 Å². The van der Waals surface area contributed by atoms with Gasteiger partial charge in [-0.1, -0.05) is 60.7 Å². The van der Waals surface area contributed by atoms with E-state index in [1.807, 2.05) is 54.6 Å². The molecule has 0 atom stereocenters. The lowest BCUT2D eigenvalue weighted by atomic mass is 10.1. The summed E-state index contributed by atoms with van der Waals surface area (Å²) in [7, 11) is 0. The fraction of sp³-hybridized carbons (Fsp3) is 0. The minimum Gasteiger partial charge on any atom is -0.306 e. The summed E-state index contributed by atoms with van der Waals surface area (Å²) in [5, 5.41) is 33.8. The third-order valence-corrected chi connectivity index (χ3v) is 7.22. The first-order chi connectivity index (χ1) is 18.7. The minimum atomic E-state index is 0.420. The highest BCUT2D eigenvalue weighted by molar-refractivity contribution is 6.23. The van der Waals surface area contributed by atoms with E-state index in [-0.39, 0.29) is 0 Å². The summed E-state index contributed by atoms with van der Waals surface area (Å²) in [5.74, 6) is 0. The van der Waals surface area contributed by atoms with Gasteiger partial charge in [-0.2, -0.15) is 15.8 Å². The summed E-state index contributed by atoms with van der Waals surface area (Å²) in [6.07, 6.45) is 0. The smallest absolute Gasteiger partial charge is 0.101 e. The predicted octanol–water partition coefficient (Wildman–Crippen LogP) is 7.50. The predicted molar refractivity (Wildman–Crippen MR) is 149 cm³/mol. The van der Waals surface area contributed by atoms with Gasteiger partial charge in [-0.3, -0.25) is 0 Å². The van der Waals surface area contributed by atoms with E-state index in [0.717, 1.165) is 49.3 Å². The molecule has 5 aromatic carbocycles. The number of hydrogen-bond acceptors (Lipinski definition) is 3. The first kappa shape index (κ1) is 21.5. The van der Waals surface area contributed by atoms with E-state index < -0.39 is 0 Å². The lowest BCUT2D eigenvalue weighted by Crippen LogP contribution is -2.02. The molecule has 0 aliphatic heterocycles. The third kappa shape index (κ3) is 2.83. The van der Waals surface area contributed by atoms with Crippen LogP contribution in [-0.2, 0) is 0 Å². The molecule has 0 bridgehead atoms. The molecule has 2 heterocycles. The van der Waals surface area contributed by atoms with Crippen LogP contribution in [0.3, 0.4) is 0 Å². The van der Waals surface area contributed by atoms with Gasteiger partial charge < -0.3 is 9.13 Å². The minimum absolute atomic E-state index is 0.420. The molecule has 0 aliphatic rings. The molecule has 0 saturated heterocycles. The molecule has 7 aromatic rings. The van der Waals surface area contributed by atoms with Crippen LogP contribution in [0.15, 0.2) is 103 Å². The van der Waals surface area contributed by atoms with Crippen molar-refractivity contribution in [3.05, 3.63) is 120 Å². The van der Waals surface area contributed by atoms with Gasteiger partial charge in [0.25, 0.3) is 0 Å². The highest BCUT2D eigenvalue weighted by atomic mass is 15.0. The lowest BCUT2D eigenvalue weighted by molar-refractivity contribution is 1.14. The number of nitriles is 3. The van der Waals surface area contributed by atoms with Gasteiger partial charge >= 0.3 is 0 Å². The standard InChI is InChI=1S/C33H17N5/c34-18-21-13-16-29(23(17-21)20-36)38-31-12-6-3-9-25(31)27-15-14-26-24-8-2-5-11-30(24)37(32(26)33(27)38)28-10-4-1-7-22(28)19-35/h1-17H. The highest BCUT2D eigenvalue weighted by Gasteiger charge is 2.22. The summed E-state index contributed by atoms with van der Waals surface area (Å²) in [6.45, 7) is 0. The van der Waals surface area contributed by atoms with E-state index >= 15 is 0 Å². The Hall–Kier alpha value is -5.83. The van der Waals surface area contributed by atoms with Gasteiger partial charge in [0.05, 0.1) is 56.2 Å². The van der Waals surface area contributed by atoms with Crippen LogP contribution in [0.5, 0.6) is 0 Å². The number of benzene rings is 5. The van der Waals surface area contributed by atoms with Crippen LogP contribution < -0.4 is 0 Å². The highest BCUT2D eigenvalue weighted by Crippen LogP contribution is 2.42. The molecule has 0 spiro atoms. The normalized spacial score (nSPS) is 11.1. The molecule has 0 amide bonds. The van der Waals surface area contributed by atoms with Gasteiger partial charge in [0.1, 0.15) is 12.1 Å². The van der Waals surface area contributed by atoms with Crippen molar-refractivity contribution < 1.29 is 0 Å². The average Bonchev–Trinajstić information content (AvgIpc) is 3.49. The number of aromatic nitrogens is 2. The first-order valence-electron chi connectivity index (χ1n) is 12.1. The van der Waals surface area contributed by atoms with Crippen LogP contribution in [0.1, 0.15) is 16.7 Å². The van der Waals surface area contributed by atoms with Crippen molar-refractivity contribution in [2.45, 2.75) is 0 Å². The van der Waals surface area contributed by atoms with Crippen LogP contribution in [0.4, 0.5) is 0 Å². The average molecular weight is 484 g/mol. The Bertz CT molecular complexity index is 2230. The molecule has 174 valence electrons. The second-order valence-electron chi connectivity index (χ2n) is 9.15. The molecule has 0 aliphatic carbocycles. The lowest BCUT2D eigenvalue weighted by Gasteiger charge is -2.14. The maximum absolute atomic E-state index is 10.1. The largest absolute Gasteiger partial charge is 0.306 e. The van der Waals surface area contributed by atoms with Crippen molar-refractivity contribution in [3.63, 3.8) is 0 Å². The molecule has 7 rings (SSSR count). The molecule has 2 aromatic heterocycles. The third-order valence-electron chi connectivity index (χ3n) is 7.22. The maximum Gasteiger partial charge on any atom is 0.101 e. The van der Waals surface area contributed by atoms with Crippen LogP contribution in [0.2, 0.25) is 0 Å². The van der Waals surface area contributed by atoms with Crippen molar-refractivity contribution in [3.8, 4) is 29.6 Å². The summed E-state index contributed by atoms with van der Waals surface area (Å²) >= 11 is 0. The molecule has 0 radical (unpaired) electrons. The zero-order chi connectivity index (χ0) is 25.8. The molecular weight excluding hydrogens is 466 g/mol. The molecule has 0 fully saturated rings. The Morgan fingerprint density at radius 1 is 0.447 bits per heavy atom. The van der Waals surface area contributed by atoms with Crippen molar-refractivity contribution in [1.29, 1.82) is 15.8 Å². The van der Waals surface area contributed by atoms with Crippen LogP contribution in [0.25, 0.3) is 55.0 Å². The molecule has 0 unspecified atom stereocenters. The Labute approximate surface area is 217 Å². The second kappa shape index (κ2) is 8.10. The number of nitrogens with zero attached hydrogens (tertiary/aromatic N) is 5.